The highest BCUT2D eigenvalue weighted by Gasteiger charge is 2.64. The van der Waals surface area contributed by atoms with Crippen LogP contribution in [0.5, 0.6) is 5.75 Å². The molecule has 6 heteroatoms. The fraction of sp³-hybridized carbons (Fsp3) is 0.520. The van der Waals surface area contributed by atoms with Gasteiger partial charge in [0.15, 0.2) is 5.69 Å². The Morgan fingerprint density at radius 3 is 2.06 bits per heavy atom. The van der Waals surface area contributed by atoms with Crippen LogP contribution in [0.1, 0.15) is 74.8 Å². The monoisotopic (exact) mass is 420 g/mol. The number of aromatic nitrogens is 2. The van der Waals surface area contributed by atoms with Gasteiger partial charge in [-0.05, 0) is 37.1 Å². The molecule has 164 valence electrons. The Labute approximate surface area is 185 Å². The number of aryl methyl sites for hydroxylation is 2. The molecule has 1 amide bonds. The molecule has 0 unspecified atom stereocenters. The van der Waals surface area contributed by atoms with Crippen LogP contribution in [0.4, 0.5) is 5.69 Å². The number of nitrogens with one attached hydrogen (secondary N) is 1. The summed E-state index contributed by atoms with van der Waals surface area (Å²) in [6.45, 7) is 23.7. The normalized spacial score (nSPS) is 21.2. The van der Waals surface area contributed by atoms with Crippen LogP contribution in [-0.4, -0.2) is 28.0 Å². The molecule has 6 nitrogen and oxygen atoms in total. The van der Waals surface area contributed by atoms with Crippen molar-refractivity contribution in [3.8, 4) is 5.75 Å². The molecular formula is C25H32N4O2. The number of amides is 1. The van der Waals surface area contributed by atoms with E-state index in [-0.39, 0.29) is 34.8 Å². The summed E-state index contributed by atoms with van der Waals surface area (Å²) in [5, 5.41) is 3.18. The molecular weight excluding hydrogens is 388 g/mol. The minimum atomic E-state index is -0.280. The van der Waals surface area contributed by atoms with Crippen molar-refractivity contribution in [1.29, 1.82) is 0 Å². The molecule has 1 saturated carbocycles. The van der Waals surface area contributed by atoms with Crippen molar-refractivity contribution < 1.29 is 9.53 Å². The third kappa shape index (κ3) is 4.01. The summed E-state index contributed by atoms with van der Waals surface area (Å²) in [7, 11) is 0. The van der Waals surface area contributed by atoms with E-state index in [4.69, 9.17) is 11.3 Å². The average molecular weight is 421 g/mol. The van der Waals surface area contributed by atoms with Crippen LogP contribution in [0.15, 0.2) is 24.5 Å². The summed E-state index contributed by atoms with van der Waals surface area (Å²) in [6.07, 6.45) is 3.09. The lowest BCUT2D eigenvalue weighted by molar-refractivity contribution is -0.164. The van der Waals surface area contributed by atoms with Gasteiger partial charge in [0.1, 0.15) is 17.7 Å². The van der Waals surface area contributed by atoms with Gasteiger partial charge in [-0.25, -0.2) is 14.8 Å². The Morgan fingerprint density at radius 2 is 1.61 bits per heavy atom. The zero-order chi connectivity index (χ0) is 23.1. The number of rotatable bonds is 5. The lowest BCUT2D eigenvalue weighted by atomic mass is 9.49. The van der Waals surface area contributed by atoms with Crippen LogP contribution in [0.3, 0.4) is 0 Å². The van der Waals surface area contributed by atoms with Crippen LogP contribution >= 0.6 is 0 Å². The summed E-state index contributed by atoms with van der Waals surface area (Å²) in [5.41, 5.74) is 2.40. The van der Waals surface area contributed by atoms with Crippen molar-refractivity contribution in [3.05, 3.63) is 58.5 Å². The van der Waals surface area contributed by atoms with E-state index in [0.717, 1.165) is 22.7 Å². The Morgan fingerprint density at radius 1 is 1.10 bits per heavy atom. The molecule has 1 N–H and O–H groups in total. The second-order valence-electron chi connectivity index (χ2n) is 10.0. The zero-order valence-electron chi connectivity index (χ0n) is 19.7. The second kappa shape index (κ2) is 7.96. The third-order valence-corrected chi connectivity index (χ3v) is 6.40. The lowest BCUT2D eigenvalue weighted by Gasteiger charge is -2.63. The Hall–Kier alpha value is -2.94. The first-order valence-corrected chi connectivity index (χ1v) is 10.7. The van der Waals surface area contributed by atoms with Gasteiger partial charge in [0.25, 0.3) is 5.91 Å². The molecule has 0 saturated heterocycles. The SMILES string of the molecule is [C-]#[N+]c1c(C)cc(OC2C(C)(C)C(NC(=O)c3cnc(C(C)C)nc3)C2(C)C)cc1C. The summed E-state index contributed by atoms with van der Waals surface area (Å²) in [5.74, 6) is 1.53. The van der Waals surface area contributed by atoms with Gasteiger partial charge in [-0.15, -0.1) is 0 Å². The quantitative estimate of drug-likeness (QED) is 0.660. The fourth-order valence-corrected chi connectivity index (χ4v) is 5.06. The molecule has 1 aliphatic carbocycles. The van der Waals surface area contributed by atoms with Gasteiger partial charge in [0.05, 0.1) is 12.1 Å². The molecule has 0 aliphatic heterocycles. The van der Waals surface area contributed by atoms with Crippen molar-refractivity contribution in [2.75, 3.05) is 0 Å². The van der Waals surface area contributed by atoms with Crippen LogP contribution < -0.4 is 10.1 Å². The molecule has 1 fully saturated rings. The highest BCUT2D eigenvalue weighted by molar-refractivity contribution is 5.94. The van der Waals surface area contributed by atoms with E-state index in [1.165, 1.54) is 0 Å². The molecule has 1 heterocycles. The van der Waals surface area contributed by atoms with Gasteiger partial charge < -0.3 is 10.1 Å². The molecule has 2 aromatic rings. The van der Waals surface area contributed by atoms with Gasteiger partial charge >= 0.3 is 0 Å². The van der Waals surface area contributed by atoms with Crippen molar-refractivity contribution in [1.82, 2.24) is 15.3 Å². The molecule has 0 bridgehead atoms. The molecule has 0 radical (unpaired) electrons. The van der Waals surface area contributed by atoms with Crippen LogP contribution in [0, 0.1) is 31.2 Å². The molecule has 0 spiro atoms. The number of hydrogen-bond acceptors (Lipinski definition) is 4. The minimum absolute atomic E-state index is 0.0769. The third-order valence-electron chi connectivity index (χ3n) is 6.40. The predicted octanol–water partition coefficient (Wildman–Crippen LogP) is 5.38. The molecule has 3 rings (SSSR count). The Kier molecular flexibility index (Phi) is 5.84. The summed E-state index contributed by atoms with van der Waals surface area (Å²) in [6, 6.07) is 3.77. The van der Waals surface area contributed by atoms with Crippen LogP contribution in [0.25, 0.3) is 4.85 Å². The van der Waals surface area contributed by atoms with E-state index in [2.05, 4.69) is 47.8 Å². The van der Waals surface area contributed by atoms with Gasteiger partial charge in [-0.1, -0.05) is 41.5 Å². The van der Waals surface area contributed by atoms with Gasteiger partial charge in [0, 0.05) is 35.2 Å². The smallest absolute Gasteiger partial charge is 0.254 e. The predicted molar refractivity (Wildman–Crippen MR) is 122 cm³/mol. The van der Waals surface area contributed by atoms with E-state index in [1.807, 2.05) is 39.8 Å². The highest BCUT2D eigenvalue weighted by atomic mass is 16.5. The average Bonchev–Trinajstić information content (AvgIpc) is 2.69. The maximum absolute atomic E-state index is 12.9. The van der Waals surface area contributed by atoms with Gasteiger partial charge in [0.2, 0.25) is 0 Å². The number of hydrogen-bond donors (Lipinski definition) is 1. The first-order chi connectivity index (χ1) is 14.4. The summed E-state index contributed by atoms with van der Waals surface area (Å²) >= 11 is 0. The number of nitrogens with zero attached hydrogens (tertiary/aromatic N) is 3. The van der Waals surface area contributed by atoms with Crippen LogP contribution in [-0.2, 0) is 0 Å². The summed E-state index contributed by atoms with van der Waals surface area (Å²) < 4.78 is 6.42. The Bertz CT molecular complexity index is 993. The maximum atomic E-state index is 12.9. The van der Waals surface area contributed by atoms with E-state index in [9.17, 15) is 4.79 Å². The standard InChI is InChI=1S/C25H32N4O2/c1-14(2)20-27-12-17(13-28-20)21(30)29-22-24(5,6)23(25(22,7)8)31-18-10-15(3)19(26-9)16(4)11-18/h10-14,22-23H,1-8H3,(H,29,30). The van der Waals surface area contributed by atoms with E-state index in [1.54, 1.807) is 12.4 Å². The van der Waals surface area contributed by atoms with Crippen molar-refractivity contribution >= 4 is 11.6 Å². The molecule has 31 heavy (non-hydrogen) atoms. The lowest BCUT2D eigenvalue weighted by Crippen LogP contribution is -2.74. The van der Waals surface area contributed by atoms with E-state index in [0.29, 0.717) is 11.3 Å². The second-order valence-corrected chi connectivity index (χ2v) is 10.0. The van der Waals surface area contributed by atoms with Crippen LogP contribution in [0.2, 0.25) is 0 Å². The van der Waals surface area contributed by atoms with Crippen molar-refractivity contribution in [3.63, 3.8) is 0 Å². The van der Waals surface area contributed by atoms with Gasteiger partial charge in [-0.2, -0.15) is 0 Å². The zero-order valence-corrected chi connectivity index (χ0v) is 19.7. The topological polar surface area (TPSA) is 68.5 Å². The molecule has 1 aliphatic rings. The Balaban J connectivity index is 1.77. The number of carbonyl (C=O) groups excluding carboxylic acids is 1. The fourth-order valence-electron chi connectivity index (χ4n) is 5.06. The first-order valence-electron chi connectivity index (χ1n) is 10.7. The highest BCUT2D eigenvalue weighted by Crippen LogP contribution is 2.55. The molecule has 0 atom stereocenters. The minimum Gasteiger partial charge on any atom is -0.489 e. The first kappa shape index (κ1) is 22.7. The largest absolute Gasteiger partial charge is 0.489 e. The summed E-state index contributed by atoms with van der Waals surface area (Å²) in [4.78, 5) is 25.1. The number of benzene rings is 1. The molecule has 1 aromatic heterocycles. The van der Waals surface area contributed by atoms with Gasteiger partial charge in [-0.3, -0.25) is 4.79 Å². The van der Waals surface area contributed by atoms with E-state index >= 15 is 0 Å². The number of carbonyl (C=O) groups is 1. The van der Waals surface area contributed by atoms with E-state index < -0.39 is 0 Å². The molecule has 1 aromatic carbocycles. The van der Waals surface area contributed by atoms with Crippen molar-refractivity contribution in [2.45, 2.75) is 73.5 Å². The van der Waals surface area contributed by atoms with Crippen molar-refractivity contribution in [2.24, 2.45) is 10.8 Å². The maximum Gasteiger partial charge on any atom is 0.254 e. The number of ether oxygens (including phenoxy) is 1.